The topological polar surface area (TPSA) is 103 Å². The molecule has 1 aliphatic carbocycles. The summed E-state index contributed by atoms with van der Waals surface area (Å²) in [6, 6.07) is 18.8. The van der Waals surface area contributed by atoms with Gasteiger partial charge in [0.25, 0.3) is 5.91 Å². The molecule has 7 heteroatoms. The molecule has 1 aliphatic rings. The smallest absolute Gasteiger partial charge is 0.267 e. The van der Waals surface area contributed by atoms with Crippen molar-refractivity contribution < 1.29 is 9.90 Å². The Bertz CT molecular complexity index is 1260. The van der Waals surface area contributed by atoms with Gasteiger partial charge in [0.05, 0.1) is 5.69 Å². The lowest BCUT2D eigenvalue weighted by Crippen LogP contribution is -2.25. The molecule has 2 heterocycles. The third kappa shape index (κ3) is 4.87. The van der Waals surface area contributed by atoms with Gasteiger partial charge in [0.1, 0.15) is 11.4 Å². The zero-order valence-electron chi connectivity index (χ0n) is 18.1. The molecule has 4 aromatic rings. The van der Waals surface area contributed by atoms with E-state index in [1.165, 1.54) is 0 Å². The molecule has 33 heavy (non-hydrogen) atoms. The number of aromatic amines is 1. The summed E-state index contributed by atoms with van der Waals surface area (Å²) in [5.74, 6) is 1.04. The van der Waals surface area contributed by atoms with Crippen molar-refractivity contribution >= 4 is 17.5 Å². The van der Waals surface area contributed by atoms with Crippen LogP contribution in [-0.2, 0) is 6.42 Å². The molecule has 1 amide bonds. The van der Waals surface area contributed by atoms with Crippen LogP contribution in [0.15, 0.2) is 73.1 Å². The first-order chi connectivity index (χ1) is 16.2. The summed E-state index contributed by atoms with van der Waals surface area (Å²) in [6.07, 6.45) is 6.53. The van der Waals surface area contributed by atoms with Crippen LogP contribution in [-0.4, -0.2) is 32.5 Å². The molecule has 0 radical (unpaired) electrons. The van der Waals surface area contributed by atoms with Gasteiger partial charge >= 0.3 is 0 Å². The van der Waals surface area contributed by atoms with Gasteiger partial charge in [0.2, 0.25) is 5.95 Å². The van der Waals surface area contributed by atoms with Crippen molar-refractivity contribution in [3.8, 4) is 17.0 Å². The number of carbonyl (C=O) groups excluding carboxylic acids is 1. The highest BCUT2D eigenvalue weighted by Gasteiger charge is 2.28. The van der Waals surface area contributed by atoms with Crippen molar-refractivity contribution in [2.75, 3.05) is 11.9 Å². The maximum absolute atomic E-state index is 12.7. The SMILES string of the molecule is O=C(NCCc1ccccc1O)c1cc(-c2nc(Nc3ccccc3)ncc2C2CC2)c[nH]1. The van der Waals surface area contributed by atoms with Gasteiger partial charge in [-0.1, -0.05) is 36.4 Å². The minimum absolute atomic E-state index is 0.193. The lowest BCUT2D eigenvalue weighted by molar-refractivity contribution is 0.0949. The predicted molar refractivity (Wildman–Crippen MR) is 128 cm³/mol. The van der Waals surface area contributed by atoms with E-state index in [1.54, 1.807) is 12.1 Å². The average molecular weight is 440 g/mol. The number of carbonyl (C=O) groups is 1. The molecule has 0 aliphatic heterocycles. The number of phenols is 1. The molecule has 0 spiro atoms. The van der Waals surface area contributed by atoms with E-state index >= 15 is 0 Å². The highest BCUT2D eigenvalue weighted by molar-refractivity contribution is 5.94. The standard InChI is InChI=1S/C26H25N5O2/c32-23-9-5-4-6-18(23)12-13-27-25(33)22-14-19(15-28-22)24-21(17-10-11-17)16-29-26(31-24)30-20-7-2-1-3-8-20/h1-9,14-17,28,32H,10-13H2,(H,27,33)(H,29,30,31). The van der Waals surface area contributed by atoms with Crippen molar-refractivity contribution in [2.24, 2.45) is 0 Å². The van der Waals surface area contributed by atoms with Gasteiger partial charge in [-0.25, -0.2) is 9.97 Å². The molecular weight excluding hydrogens is 414 g/mol. The summed E-state index contributed by atoms with van der Waals surface area (Å²) >= 11 is 0. The van der Waals surface area contributed by atoms with E-state index in [9.17, 15) is 9.90 Å². The molecule has 2 aromatic carbocycles. The number of amides is 1. The zero-order chi connectivity index (χ0) is 22.6. The number of hydrogen-bond acceptors (Lipinski definition) is 5. The number of phenolic OH excluding ortho intramolecular Hbond substituents is 1. The summed E-state index contributed by atoms with van der Waals surface area (Å²) in [5, 5.41) is 16.0. The Balaban J connectivity index is 1.31. The number of aromatic nitrogens is 3. The Hall–Kier alpha value is -4.13. The first kappa shape index (κ1) is 20.8. The van der Waals surface area contributed by atoms with Crippen LogP contribution in [0.3, 0.4) is 0 Å². The maximum atomic E-state index is 12.7. The second-order valence-electron chi connectivity index (χ2n) is 8.20. The number of H-pyrrole nitrogens is 1. The van der Waals surface area contributed by atoms with Gasteiger partial charge in [0, 0.05) is 35.8 Å². The molecular formula is C26H25N5O2. The van der Waals surface area contributed by atoms with Gasteiger partial charge in [-0.2, -0.15) is 0 Å². The minimum Gasteiger partial charge on any atom is -0.508 e. The molecule has 4 N–H and O–H groups in total. The highest BCUT2D eigenvalue weighted by atomic mass is 16.3. The highest BCUT2D eigenvalue weighted by Crippen LogP contribution is 2.43. The van der Waals surface area contributed by atoms with Crippen LogP contribution in [0.5, 0.6) is 5.75 Å². The van der Waals surface area contributed by atoms with Crippen molar-refractivity contribution in [3.05, 3.63) is 89.9 Å². The van der Waals surface area contributed by atoms with E-state index in [0.29, 0.717) is 30.5 Å². The number of anilines is 2. The molecule has 0 bridgehead atoms. The number of benzene rings is 2. The van der Waals surface area contributed by atoms with Crippen LogP contribution >= 0.6 is 0 Å². The Labute approximate surface area is 191 Å². The second kappa shape index (κ2) is 9.16. The third-order valence-electron chi connectivity index (χ3n) is 5.74. The van der Waals surface area contributed by atoms with Gasteiger partial charge < -0.3 is 20.7 Å². The number of nitrogens with zero attached hydrogens (tertiary/aromatic N) is 2. The molecule has 7 nitrogen and oxygen atoms in total. The number of nitrogens with one attached hydrogen (secondary N) is 3. The Morgan fingerprint density at radius 1 is 1.09 bits per heavy atom. The van der Waals surface area contributed by atoms with Crippen molar-refractivity contribution in [1.29, 1.82) is 0 Å². The van der Waals surface area contributed by atoms with Gasteiger partial charge in [0.15, 0.2) is 0 Å². The molecule has 1 saturated carbocycles. The largest absolute Gasteiger partial charge is 0.508 e. The van der Waals surface area contributed by atoms with E-state index in [2.05, 4.69) is 20.6 Å². The van der Waals surface area contributed by atoms with Crippen molar-refractivity contribution in [1.82, 2.24) is 20.3 Å². The van der Waals surface area contributed by atoms with E-state index < -0.39 is 0 Å². The van der Waals surface area contributed by atoms with Gasteiger partial charge in [-0.3, -0.25) is 4.79 Å². The summed E-state index contributed by atoms with van der Waals surface area (Å²) in [7, 11) is 0. The minimum atomic E-state index is -0.193. The lowest BCUT2D eigenvalue weighted by atomic mass is 10.1. The number of hydrogen-bond donors (Lipinski definition) is 4. The van der Waals surface area contributed by atoms with Crippen LogP contribution in [0.25, 0.3) is 11.3 Å². The molecule has 0 saturated heterocycles. The summed E-state index contributed by atoms with van der Waals surface area (Å²) < 4.78 is 0. The van der Waals surface area contributed by atoms with Crippen LogP contribution < -0.4 is 10.6 Å². The van der Waals surface area contributed by atoms with Crippen LogP contribution in [0.2, 0.25) is 0 Å². The molecule has 0 unspecified atom stereocenters. The molecule has 5 rings (SSSR count). The van der Waals surface area contributed by atoms with Crippen LogP contribution in [0.4, 0.5) is 11.6 Å². The molecule has 166 valence electrons. The number of rotatable bonds is 8. The van der Waals surface area contributed by atoms with Gasteiger partial charge in [-0.05, 0) is 55.0 Å². The summed E-state index contributed by atoms with van der Waals surface area (Å²) in [4.78, 5) is 25.0. The predicted octanol–water partition coefficient (Wildman–Crippen LogP) is 4.77. The molecule has 0 atom stereocenters. The first-order valence-corrected chi connectivity index (χ1v) is 11.1. The fraction of sp³-hybridized carbons (Fsp3) is 0.192. The van der Waals surface area contributed by atoms with Crippen LogP contribution in [0.1, 0.15) is 40.4 Å². The van der Waals surface area contributed by atoms with E-state index in [-0.39, 0.29) is 11.7 Å². The summed E-state index contributed by atoms with van der Waals surface area (Å²) in [6.45, 7) is 0.427. The normalized spacial score (nSPS) is 13.0. The van der Waals surface area contributed by atoms with Crippen LogP contribution in [0, 0.1) is 0 Å². The zero-order valence-corrected chi connectivity index (χ0v) is 18.1. The monoisotopic (exact) mass is 439 g/mol. The molecule has 2 aromatic heterocycles. The Kier molecular flexibility index (Phi) is 5.76. The van der Waals surface area contributed by atoms with Crippen molar-refractivity contribution in [2.45, 2.75) is 25.2 Å². The molecule has 1 fully saturated rings. The second-order valence-corrected chi connectivity index (χ2v) is 8.20. The van der Waals surface area contributed by atoms with Crippen molar-refractivity contribution in [3.63, 3.8) is 0 Å². The Morgan fingerprint density at radius 3 is 2.67 bits per heavy atom. The first-order valence-electron chi connectivity index (χ1n) is 11.1. The van der Waals surface area contributed by atoms with E-state index in [0.717, 1.165) is 40.9 Å². The third-order valence-corrected chi connectivity index (χ3v) is 5.74. The number of aromatic hydroxyl groups is 1. The lowest BCUT2D eigenvalue weighted by Gasteiger charge is -2.10. The Morgan fingerprint density at radius 2 is 1.88 bits per heavy atom. The quantitative estimate of drug-likeness (QED) is 0.317. The average Bonchev–Trinajstić information content (AvgIpc) is 3.56. The fourth-order valence-electron chi connectivity index (χ4n) is 3.82. The van der Waals surface area contributed by atoms with E-state index in [1.807, 2.05) is 60.9 Å². The van der Waals surface area contributed by atoms with E-state index in [4.69, 9.17) is 4.98 Å². The fourth-order valence-corrected chi connectivity index (χ4v) is 3.82. The van der Waals surface area contributed by atoms with Gasteiger partial charge in [-0.15, -0.1) is 0 Å². The summed E-state index contributed by atoms with van der Waals surface area (Å²) in [5.41, 5.74) is 5.01. The maximum Gasteiger partial charge on any atom is 0.267 e. The number of para-hydroxylation sites is 2.